The van der Waals surface area contributed by atoms with Gasteiger partial charge in [-0.2, -0.15) is 0 Å². The summed E-state index contributed by atoms with van der Waals surface area (Å²) in [5, 5.41) is 0. The fourth-order valence-corrected chi connectivity index (χ4v) is 2.50. The monoisotopic (exact) mass is 393 g/mol. The highest BCUT2D eigenvalue weighted by molar-refractivity contribution is 14.1. The van der Waals surface area contributed by atoms with Gasteiger partial charge < -0.3 is 9.30 Å². The number of nitrogens with zero attached hydrogens (tertiary/aromatic N) is 1. The van der Waals surface area contributed by atoms with Gasteiger partial charge >= 0.3 is 0 Å². The summed E-state index contributed by atoms with van der Waals surface area (Å²) in [4.78, 5) is 12.2. The number of aromatic nitrogens is 1. The minimum Gasteiger partial charge on any atom is -0.481 e. The van der Waals surface area contributed by atoms with E-state index in [0.717, 1.165) is 20.6 Å². The average molecular weight is 393 g/mol. The number of hydrogen-bond donors (Lipinski definition) is 0. The first-order valence-corrected chi connectivity index (χ1v) is 7.77. The quantitative estimate of drug-likeness (QED) is 0.588. The summed E-state index contributed by atoms with van der Waals surface area (Å²) in [5.41, 5.74) is 1.97. The first kappa shape index (κ1) is 15.6. The number of benzene rings is 1. The molecule has 0 unspecified atom stereocenters. The second kappa shape index (κ2) is 7.32. The van der Waals surface area contributed by atoms with Crippen LogP contribution in [-0.4, -0.2) is 11.2 Å². The number of pyridine rings is 1. The Balaban J connectivity index is 2.32. The first-order chi connectivity index (χ1) is 10.2. The van der Waals surface area contributed by atoms with Crippen molar-refractivity contribution >= 4 is 22.6 Å². The smallest absolute Gasteiger partial charge is 0.264 e. The minimum absolute atomic E-state index is 0.0501. The van der Waals surface area contributed by atoms with Crippen LogP contribution in [0.4, 0.5) is 0 Å². The molecule has 0 bridgehead atoms. The van der Waals surface area contributed by atoms with Gasteiger partial charge in [0.15, 0.2) is 0 Å². The predicted molar refractivity (Wildman–Crippen MR) is 93.5 cm³/mol. The molecule has 1 aromatic carbocycles. The van der Waals surface area contributed by atoms with E-state index in [2.05, 4.69) is 34.4 Å². The number of hydrogen-bond acceptors (Lipinski definition) is 2. The van der Waals surface area contributed by atoms with Crippen LogP contribution in [0.3, 0.4) is 0 Å². The molecule has 0 radical (unpaired) electrons. The molecule has 21 heavy (non-hydrogen) atoms. The second-order valence-electron chi connectivity index (χ2n) is 4.36. The molecule has 4 heteroatoms. The van der Waals surface area contributed by atoms with Crippen molar-refractivity contribution < 1.29 is 4.74 Å². The zero-order valence-electron chi connectivity index (χ0n) is 12.0. The zero-order valence-corrected chi connectivity index (χ0v) is 14.2. The van der Waals surface area contributed by atoms with Crippen molar-refractivity contribution in [1.82, 2.24) is 4.57 Å². The van der Waals surface area contributed by atoms with Crippen LogP contribution in [0.5, 0.6) is 5.75 Å². The third-order valence-corrected chi connectivity index (χ3v) is 3.90. The molecule has 0 fully saturated rings. The Bertz CT molecular complexity index is 736. The van der Waals surface area contributed by atoms with E-state index in [-0.39, 0.29) is 5.56 Å². The van der Waals surface area contributed by atoms with Crippen LogP contribution >= 0.6 is 22.6 Å². The summed E-state index contributed by atoms with van der Waals surface area (Å²) in [6.45, 7) is 4.80. The lowest BCUT2D eigenvalue weighted by molar-refractivity contribution is 0.370. The van der Waals surface area contributed by atoms with Crippen molar-refractivity contribution in [2.24, 2.45) is 0 Å². The summed E-state index contributed by atoms with van der Waals surface area (Å²) in [7, 11) is 0. The summed E-state index contributed by atoms with van der Waals surface area (Å²) in [6.07, 6.45) is 0. The van der Waals surface area contributed by atoms with Gasteiger partial charge in [-0.1, -0.05) is 5.92 Å². The maximum Gasteiger partial charge on any atom is 0.264 e. The van der Waals surface area contributed by atoms with E-state index < -0.39 is 0 Å². The van der Waals surface area contributed by atoms with Crippen LogP contribution in [0.15, 0.2) is 41.2 Å². The van der Waals surface area contributed by atoms with E-state index in [1.165, 1.54) is 0 Å². The summed E-state index contributed by atoms with van der Waals surface area (Å²) < 4.78 is 8.00. The number of halogens is 1. The molecule has 0 aliphatic carbocycles. The molecule has 2 rings (SSSR count). The molecule has 0 saturated heterocycles. The molecule has 1 aromatic heterocycles. The van der Waals surface area contributed by atoms with E-state index >= 15 is 0 Å². The van der Waals surface area contributed by atoms with Gasteiger partial charge in [-0.15, -0.1) is 5.92 Å². The maximum atomic E-state index is 12.2. The van der Waals surface area contributed by atoms with E-state index in [1.807, 2.05) is 43.3 Å². The van der Waals surface area contributed by atoms with Crippen LogP contribution in [0.25, 0.3) is 11.3 Å². The Morgan fingerprint density at radius 1 is 1.19 bits per heavy atom. The van der Waals surface area contributed by atoms with Crippen LogP contribution < -0.4 is 10.3 Å². The van der Waals surface area contributed by atoms with Gasteiger partial charge in [0.25, 0.3) is 5.56 Å². The van der Waals surface area contributed by atoms with Gasteiger partial charge in [0.2, 0.25) is 0 Å². The van der Waals surface area contributed by atoms with Crippen molar-refractivity contribution in [3.8, 4) is 28.8 Å². The largest absolute Gasteiger partial charge is 0.481 e. The standard InChI is InChI=1S/C17H16INO2/c1-3-5-12-21-14-8-6-13(7-9-14)16-11-10-15(18)17(20)19(16)4-2/h6-11H,4,12H2,1-2H3. The van der Waals surface area contributed by atoms with Gasteiger partial charge in [-0.25, -0.2) is 0 Å². The van der Waals surface area contributed by atoms with Crippen LogP contribution in [0, 0.1) is 15.4 Å². The molecule has 0 aliphatic heterocycles. The lowest BCUT2D eigenvalue weighted by atomic mass is 10.1. The van der Waals surface area contributed by atoms with Crippen LogP contribution in [-0.2, 0) is 6.54 Å². The molecule has 0 N–H and O–H groups in total. The lowest BCUT2D eigenvalue weighted by Crippen LogP contribution is -2.22. The van der Waals surface area contributed by atoms with Crippen LogP contribution in [0.1, 0.15) is 13.8 Å². The van der Waals surface area contributed by atoms with E-state index in [0.29, 0.717) is 13.2 Å². The summed E-state index contributed by atoms with van der Waals surface area (Å²) >= 11 is 2.07. The summed E-state index contributed by atoms with van der Waals surface area (Å²) in [6, 6.07) is 11.5. The third kappa shape index (κ3) is 3.67. The molecule has 0 amide bonds. The van der Waals surface area contributed by atoms with Crippen molar-refractivity contribution in [3.05, 3.63) is 50.3 Å². The van der Waals surface area contributed by atoms with Crippen LogP contribution in [0.2, 0.25) is 0 Å². The second-order valence-corrected chi connectivity index (χ2v) is 5.52. The Hall–Kier alpha value is -1.74. The lowest BCUT2D eigenvalue weighted by Gasteiger charge is -2.12. The predicted octanol–water partition coefficient (Wildman–Crippen LogP) is 3.54. The SMILES string of the molecule is CC#CCOc1ccc(-c2ccc(I)c(=O)n2CC)cc1. The molecule has 0 atom stereocenters. The third-order valence-electron chi connectivity index (χ3n) is 3.08. The first-order valence-electron chi connectivity index (χ1n) is 6.69. The highest BCUT2D eigenvalue weighted by atomic mass is 127. The van der Waals surface area contributed by atoms with Crippen molar-refractivity contribution in [2.45, 2.75) is 20.4 Å². The van der Waals surface area contributed by atoms with Crippen molar-refractivity contribution in [2.75, 3.05) is 6.61 Å². The number of ether oxygens (including phenoxy) is 1. The topological polar surface area (TPSA) is 31.2 Å². The van der Waals surface area contributed by atoms with E-state index in [9.17, 15) is 4.79 Å². The normalized spacial score (nSPS) is 9.86. The Kier molecular flexibility index (Phi) is 5.45. The van der Waals surface area contributed by atoms with Gasteiger partial charge in [0.05, 0.1) is 9.26 Å². The highest BCUT2D eigenvalue weighted by Crippen LogP contribution is 2.22. The zero-order chi connectivity index (χ0) is 15.2. The molecule has 1 heterocycles. The fraction of sp³-hybridized carbons (Fsp3) is 0.235. The summed E-state index contributed by atoms with van der Waals surface area (Å²) in [5.74, 6) is 6.42. The molecule has 108 valence electrons. The average Bonchev–Trinajstić information content (AvgIpc) is 2.51. The van der Waals surface area contributed by atoms with Gasteiger partial charge in [-0.05, 0) is 78.4 Å². The number of rotatable bonds is 4. The van der Waals surface area contributed by atoms with Crippen molar-refractivity contribution in [3.63, 3.8) is 0 Å². The molecule has 3 nitrogen and oxygen atoms in total. The molecule has 0 aliphatic rings. The fourth-order valence-electron chi connectivity index (χ4n) is 2.03. The Labute approximate surface area is 138 Å². The van der Waals surface area contributed by atoms with Gasteiger partial charge in [0, 0.05) is 6.54 Å². The van der Waals surface area contributed by atoms with E-state index in [1.54, 1.807) is 11.5 Å². The molecule has 0 spiro atoms. The maximum absolute atomic E-state index is 12.2. The highest BCUT2D eigenvalue weighted by Gasteiger charge is 2.07. The van der Waals surface area contributed by atoms with Crippen molar-refractivity contribution in [1.29, 1.82) is 0 Å². The van der Waals surface area contributed by atoms with Gasteiger partial charge in [-0.3, -0.25) is 4.79 Å². The Morgan fingerprint density at radius 2 is 1.90 bits per heavy atom. The molecule has 2 aromatic rings. The van der Waals surface area contributed by atoms with E-state index in [4.69, 9.17) is 4.74 Å². The molecular weight excluding hydrogens is 377 g/mol. The Morgan fingerprint density at radius 3 is 2.52 bits per heavy atom. The molecular formula is C17H16INO2. The minimum atomic E-state index is 0.0501. The van der Waals surface area contributed by atoms with Gasteiger partial charge in [0.1, 0.15) is 12.4 Å². The molecule has 0 saturated carbocycles.